The molecule has 2 fully saturated rings. The molecule has 23 heavy (non-hydrogen) atoms. The molecule has 7 heteroatoms. The maximum absolute atomic E-state index is 12.3. The van der Waals surface area contributed by atoms with Gasteiger partial charge >= 0.3 is 12.1 Å². The van der Waals surface area contributed by atoms with Gasteiger partial charge in [-0.05, 0) is 46.5 Å². The number of esters is 1. The monoisotopic (exact) mass is 326 g/mol. The molecule has 130 valence electrons. The Bertz CT molecular complexity index is 485. The number of amides is 2. The van der Waals surface area contributed by atoms with Crippen LogP contribution in [0.25, 0.3) is 0 Å². The second-order valence-corrected chi connectivity index (χ2v) is 7.26. The SMILES string of the molecule is COC(=O)[C@H]1CC[C@@H]1NC(=O)[C@H]1CC[C@H]1NC(=O)OC(C)(C)C. The summed E-state index contributed by atoms with van der Waals surface area (Å²) in [5, 5.41) is 5.65. The van der Waals surface area contributed by atoms with Crippen molar-refractivity contribution in [3.05, 3.63) is 0 Å². The minimum atomic E-state index is -0.564. The molecule has 0 saturated heterocycles. The Balaban J connectivity index is 1.79. The van der Waals surface area contributed by atoms with Crippen molar-refractivity contribution in [3.8, 4) is 0 Å². The lowest BCUT2D eigenvalue weighted by Gasteiger charge is -2.40. The van der Waals surface area contributed by atoms with Gasteiger partial charge in [-0.3, -0.25) is 9.59 Å². The van der Waals surface area contributed by atoms with E-state index in [0.29, 0.717) is 0 Å². The van der Waals surface area contributed by atoms with Crippen molar-refractivity contribution in [1.82, 2.24) is 10.6 Å². The number of rotatable bonds is 4. The molecular weight excluding hydrogens is 300 g/mol. The highest BCUT2D eigenvalue weighted by Crippen LogP contribution is 2.32. The van der Waals surface area contributed by atoms with Crippen LogP contribution in [0.4, 0.5) is 4.79 Å². The van der Waals surface area contributed by atoms with Gasteiger partial charge in [-0.25, -0.2) is 4.79 Å². The fourth-order valence-electron chi connectivity index (χ4n) is 2.84. The number of hydrogen-bond donors (Lipinski definition) is 2. The third-order valence-corrected chi connectivity index (χ3v) is 4.42. The summed E-state index contributed by atoms with van der Waals surface area (Å²) in [5.74, 6) is -0.905. The minimum Gasteiger partial charge on any atom is -0.469 e. The average Bonchev–Trinajstić information content (AvgIpc) is 2.37. The topological polar surface area (TPSA) is 93.7 Å². The lowest BCUT2D eigenvalue weighted by molar-refractivity contribution is -0.150. The first-order chi connectivity index (χ1) is 10.7. The highest BCUT2D eigenvalue weighted by molar-refractivity contribution is 5.83. The van der Waals surface area contributed by atoms with Crippen LogP contribution < -0.4 is 10.6 Å². The minimum absolute atomic E-state index is 0.115. The first kappa shape index (κ1) is 17.6. The van der Waals surface area contributed by atoms with Crippen molar-refractivity contribution in [1.29, 1.82) is 0 Å². The maximum atomic E-state index is 12.3. The van der Waals surface area contributed by atoms with Crippen molar-refractivity contribution in [2.45, 2.75) is 64.1 Å². The third kappa shape index (κ3) is 4.36. The van der Waals surface area contributed by atoms with E-state index in [1.807, 2.05) is 0 Å². The standard InChI is InChI=1S/C16H26N2O5/c1-16(2,3)23-15(21)18-11-7-5-9(11)13(19)17-12-8-6-10(12)14(20)22-4/h9-12H,5-8H2,1-4H3,(H,17,19)(H,18,21)/t9-,10-,11+,12-/m0/s1. The fourth-order valence-corrected chi connectivity index (χ4v) is 2.84. The molecule has 0 aromatic rings. The van der Waals surface area contributed by atoms with Gasteiger partial charge in [0.05, 0.1) is 18.9 Å². The Morgan fingerprint density at radius 3 is 1.91 bits per heavy atom. The number of alkyl carbamates (subject to hydrolysis) is 1. The molecule has 0 spiro atoms. The van der Waals surface area contributed by atoms with Crippen LogP contribution in [0.15, 0.2) is 0 Å². The van der Waals surface area contributed by atoms with Crippen LogP contribution in [0.1, 0.15) is 46.5 Å². The van der Waals surface area contributed by atoms with Gasteiger partial charge in [-0.1, -0.05) is 0 Å². The normalized spacial score (nSPS) is 29.6. The summed E-state index contributed by atoms with van der Waals surface area (Å²) in [6.45, 7) is 5.38. The van der Waals surface area contributed by atoms with Crippen molar-refractivity contribution < 1.29 is 23.9 Å². The molecule has 7 nitrogen and oxygen atoms in total. The van der Waals surface area contributed by atoms with Crippen LogP contribution in [-0.2, 0) is 19.1 Å². The molecule has 0 aromatic carbocycles. The first-order valence-electron chi connectivity index (χ1n) is 8.09. The predicted octanol–water partition coefficient (Wildman–Crippen LogP) is 1.36. The Kier molecular flexibility index (Phi) is 5.16. The van der Waals surface area contributed by atoms with Gasteiger partial charge in [0.15, 0.2) is 0 Å². The number of carbonyl (C=O) groups is 3. The molecule has 0 heterocycles. The smallest absolute Gasteiger partial charge is 0.407 e. The van der Waals surface area contributed by atoms with Crippen LogP contribution in [0.2, 0.25) is 0 Å². The summed E-state index contributed by atoms with van der Waals surface area (Å²) >= 11 is 0. The van der Waals surface area contributed by atoms with E-state index in [1.165, 1.54) is 7.11 Å². The van der Waals surface area contributed by atoms with Gasteiger partial charge in [0, 0.05) is 12.1 Å². The molecule has 2 rings (SSSR count). The zero-order chi connectivity index (χ0) is 17.2. The molecule has 2 N–H and O–H groups in total. The van der Waals surface area contributed by atoms with Gasteiger partial charge in [-0.2, -0.15) is 0 Å². The summed E-state index contributed by atoms with van der Waals surface area (Å²) in [6.07, 6.45) is 2.49. The fraction of sp³-hybridized carbons (Fsp3) is 0.812. The highest BCUT2D eigenvalue weighted by atomic mass is 16.6. The Morgan fingerprint density at radius 2 is 1.48 bits per heavy atom. The van der Waals surface area contributed by atoms with Crippen LogP contribution in [0.3, 0.4) is 0 Å². The van der Waals surface area contributed by atoms with Gasteiger partial charge in [-0.15, -0.1) is 0 Å². The summed E-state index contributed by atoms with van der Waals surface area (Å²) in [5.41, 5.74) is -0.564. The average molecular weight is 326 g/mol. The van der Waals surface area contributed by atoms with E-state index in [4.69, 9.17) is 9.47 Å². The molecule has 0 unspecified atom stereocenters. The number of carbonyl (C=O) groups excluding carboxylic acids is 3. The van der Waals surface area contributed by atoms with E-state index in [0.717, 1.165) is 25.7 Å². The second kappa shape index (κ2) is 6.76. The predicted molar refractivity (Wildman–Crippen MR) is 82.6 cm³/mol. The van der Waals surface area contributed by atoms with E-state index in [-0.39, 0.29) is 35.8 Å². The molecule has 0 aliphatic heterocycles. The maximum Gasteiger partial charge on any atom is 0.407 e. The first-order valence-corrected chi connectivity index (χ1v) is 8.09. The zero-order valence-corrected chi connectivity index (χ0v) is 14.2. The van der Waals surface area contributed by atoms with Crippen molar-refractivity contribution in [2.24, 2.45) is 11.8 Å². The molecule has 2 saturated carbocycles. The van der Waals surface area contributed by atoms with E-state index in [2.05, 4.69) is 10.6 Å². The van der Waals surface area contributed by atoms with Crippen molar-refractivity contribution in [2.75, 3.05) is 7.11 Å². The van der Waals surface area contributed by atoms with E-state index < -0.39 is 11.7 Å². The molecule has 2 aliphatic rings. The zero-order valence-electron chi connectivity index (χ0n) is 14.2. The number of nitrogens with one attached hydrogen (secondary N) is 2. The summed E-state index contributed by atoms with van der Waals surface area (Å²) in [4.78, 5) is 35.6. The Labute approximate surface area is 136 Å². The van der Waals surface area contributed by atoms with E-state index in [1.54, 1.807) is 20.8 Å². The number of methoxy groups -OCH3 is 1. The molecule has 0 aromatic heterocycles. The van der Waals surface area contributed by atoms with Crippen LogP contribution in [-0.4, -0.2) is 42.8 Å². The molecule has 0 radical (unpaired) electrons. The van der Waals surface area contributed by atoms with Gasteiger partial charge in [0.2, 0.25) is 5.91 Å². The molecule has 2 amide bonds. The van der Waals surface area contributed by atoms with E-state index >= 15 is 0 Å². The second-order valence-electron chi connectivity index (χ2n) is 7.26. The molecule has 4 atom stereocenters. The van der Waals surface area contributed by atoms with Gasteiger partial charge in [0.1, 0.15) is 5.60 Å². The third-order valence-electron chi connectivity index (χ3n) is 4.42. The Morgan fingerprint density at radius 1 is 0.913 bits per heavy atom. The van der Waals surface area contributed by atoms with Crippen LogP contribution in [0, 0.1) is 11.8 Å². The molecule has 0 bridgehead atoms. The number of ether oxygens (including phenoxy) is 2. The lowest BCUT2D eigenvalue weighted by Crippen LogP contribution is -2.58. The summed E-state index contributed by atoms with van der Waals surface area (Å²) in [6, 6.07) is -0.362. The Hall–Kier alpha value is -1.79. The molecular formula is C16H26N2O5. The summed E-state index contributed by atoms with van der Waals surface area (Å²) in [7, 11) is 1.35. The highest BCUT2D eigenvalue weighted by Gasteiger charge is 2.43. The number of hydrogen-bond acceptors (Lipinski definition) is 5. The van der Waals surface area contributed by atoms with Gasteiger partial charge < -0.3 is 20.1 Å². The lowest BCUT2D eigenvalue weighted by atomic mass is 9.76. The largest absolute Gasteiger partial charge is 0.469 e. The van der Waals surface area contributed by atoms with Crippen molar-refractivity contribution >= 4 is 18.0 Å². The van der Waals surface area contributed by atoms with Gasteiger partial charge in [0.25, 0.3) is 0 Å². The molecule has 2 aliphatic carbocycles. The van der Waals surface area contributed by atoms with Crippen LogP contribution in [0.5, 0.6) is 0 Å². The van der Waals surface area contributed by atoms with Crippen molar-refractivity contribution in [3.63, 3.8) is 0 Å². The summed E-state index contributed by atoms with van der Waals surface area (Å²) < 4.78 is 9.93. The van der Waals surface area contributed by atoms with E-state index in [9.17, 15) is 14.4 Å². The van der Waals surface area contributed by atoms with Crippen LogP contribution >= 0.6 is 0 Å². The quantitative estimate of drug-likeness (QED) is 0.761.